The number of benzene rings is 4. The van der Waals surface area contributed by atoms with E-state index in [2.05, 4.69) is 54.3 Å². The molecule has 0 radical (unpaired) electrons. The zero-order valence-corrected chi connectivity index (χ0v) is 35.5. The minimum absolute atomic E-state index is 0.0742. The summed E-state index contributed by atoms with van der Waals surface area (Å²) in [5.41, 5.74) is 6.80. The maximum Gasteiger partial charge on any atom is 0.338 e. The van der Waals surface area contributed by atoms with E-state index in [1.807, 2.05) is 49.4 Å². The zero-order chi connectivity index (χ0) is 41.8. The maximum absolute atomic E-state index is 12.6. The van der Waals surface area contributed by atoms with Crippen LogP contribution in [0.1, 0.15) is 74.2 Å². The van der Waals surface area contributed by atoms with Crippen LogP contribution < -0.4 is 18.9 Å². The molecule has 0 N–H and O–H groups in total. The lowest BCUT2D eigenvalue weighted by Gasteiger charge is -2.36. The summed E-state index contributed by atoms with van der Waals surface area (Å²) in [6.07, 6.45) is 10.9. The number of hydrogen-bond acceptors (Lipinski definition) is 10. The van der Waals surface area contributed by atoms with Gasteiger partial charge in [0.1, 0.15) is 24.4 Å². The molecule has 4 heterocycles. The third kappa shape index (κ3) is 7.12. The van der Waals surface area contributed by atoms with Crippen molar-refractivity contribution in [1.29, 1.82) is 0 Å². The lowest BCUT2D eigenvalue weighted by atomic mass is 9.69. The second-order valence-electron chi connectivity index (χ2n) is 17.0. The Hall–Kier alpha value is -5.29. The normalized spacial score (nSPS) is 26.9. The Kier molecular flexibility index (Phi) is 10.7. The number of esters is 2. The fourth-order valence-electron chi connectivity index (χ4n) is 9.99. The molecule has 4 aliphatic heterocycles. The first kappa shape index (κ1) is 40.1. The van der Waals surface area contributed by atoms with E-state index in [0.29, 0.717) is 29.0 Å². The molecular formula is C49H51ClN2O8. The van der Waals surface area contributed by atoms with E-state index in [0.717, 1.165) is 67.6 Å². The minimum Gasteiger partial charge on any atom is -0.493 e. The molecule has 6 atom stereocenters. The van der Waals surface area contributed by atoms with E-state index in [9.17, 15) is 9.59 Å². The molecule has 6 aliphatic rings. The van der Waals surface area contributed by atoms with Crippen molar-refractivity contribution in [3.05, 3.63) is 141 Å². The molecule has 0 bridgehead atoms. The van der Waals surface area contributed by atoms with Gasteiger partial charge in [-0.1, -0.05) is 53.6 Å². The van der Waals surface area contributed by atoms with Crippen LogP contribution in [0.2, 0.25) is 5.02 Å². The highest BCUT2D eigenvalue weighted by atomic mass is 35.5. The maximum atomic E-state index is 12.6. The molecule has 0 saturated carbocycles. The summed E-state index contributed by atoms with van der Waals surface area (Å²) < 4.78 is 35.8. The van der Waals surface area contributed by atoms with Gasteiger partial charge in [0, 0.05) is 42.1 Å². The van der Waals surface area contributed by atoms with Gasteiger partial charge in [-0.3, -0.25) is 0 Å². The molecule has 312 valence electrons. The van der Waals surface area contributed by atoms with Crippen LogP contribution in [0, 0.1) is 6.92 Å². The molecule has 11 heteroatoms. The topological polar surface area (TPSA) is 96.0 Å². The van der Waals surface area contributed by atoms with Crippen molar-refractivity contribution in [2.75, 3.05) is 41.4 Å². The Morgan fingerprint density at radius 1 is 0.650 bits per heavy atom. The van der Waals surface area contributed by atoms with Crippen LogP contribution in [0.4, 0.5) is 0 Å². The fraction of sp³-hybridized carbons (Fsp3) is 0.388. The van der Waals surface area contributed by atoms with Crippen LogP contribution in [0.25, 0.3) is 0 Å². The summed E-state index contributed by atoms with van der Waals surface area (Å²) >= 11 is 5.92. The molecule has 0 saturated heterocycles. The number of halogens is 1. The number of aryl methyl sites for hydroxylation is 1. The SMILES string of the molecule is COc1ccc2c3c1O[C@H]1C[C@@H](OC(=O)c4ccc(C)cc4)C=C[C@@]31CCN(C)C2.COc1ccc2c3c1O[C@H]1C[C@@H](OC(=O)c4ccc(Cl)cc4)C=C[C@@]31CCN(C)C2. The first-order valence-electron chi connectivity index (χ1n) is 20.7. The highest BCUT2D eigenvalue weighted by Gasteiger charge is 2.54. The van der Waals surface area contributed by atoms with Gasteiger partial charge in [0.25, 0.3) is 0 Å². The molecule has 0 aromatic heterocycles. The van der Waals surface area contributed by atoms with Gasteiger partial charge in [-0.05, 0) is 119 Å². The smallest absolute Gasteiger partial charge is 0.338 e. The van der Waals surface area contributed by atoms with Gasteiger partial charge in [0.15, 0.2) is 23.0 Å². The Morgan fingerprint density at radius 2 is 1.08 bits per heavy atom. The molecule has 10 nitrogen and oxygen atoms in total. The van der Waals surface area contributed by atoms with E-state index >= 15 is 0 Å². The number of methoxy groups -OCH3 is 2. The first-order chi connectivity index (χ1) is 29.0. The Balaban J connectivity index is 0.000000154. The standard InChI is InChI=1S/C25H27NO4.C24H24ClNO4/c1-16-4-6-17(7-5-16)24(27)29-19-10-11-25-12-13-26(2)15-18-8-9-20(28-3)23(22(18)25)30-21(25)14-19;1-26-12-11-24-10-9-18(29-23(27)15-3-6-17(25)7-4-15)13-20(24)30-22-19(28-2)8-5-16(14-26)21(22)24/h4-11,19,21H,12-15H2,1-3H3;3-10,18,20H,11-14H2,1-2H3/t19-,21-,25-;18-,20-,24-/m00/s1. The van der Waals surface area contributed by atoms with Crippen molar-refractivity contribution in [2.45, 2.75) is 80.9 Å². The minimum atomic E-state index is -0.355. The quantitative estimate of drug-likeness (QED) is 0.139. The van der Waals surface area contributed by atoms with E-state index in [1.54, 1.807) is 38.5 Å². The molecular weight excluding hydrogens is 780 g/mol. The monoisotopic (exact) mass is 830 g/mol. The van der Waals surface area contributed by atoms with Crippen molar-refractivity contribution in [1.82, 2.24) is 9.80 Å². The summed E-state index contributed by atoms with van der Waals surface area (Å²) in [5.74, 6) is 2.57. The van der Waals surface area contributed by atoms with Crippen LogP contribution in [0.15, 0.2) is 97.1 Å². The van der Waals surface area contributed by atoms with Gasteiger partial charge in [0.2, 0.25) is 0 Å². The zero-order valence-electron chi connectivity index (χ0n) is 34.7. The molecule has 4 aromatic carbocycles. The van der Waals surface area contributed by atoms with Crippen molar-refractivity contribution in [3.8, 4) is 23.0 Å². The third-order valence-electron chi connectivity index (χ3n) is 13.1. The highest BCUT2D eigenvalue weighted by molar-refractivity contribution is 6.30. The summed E-state index contributed by atoms with van der Waals surface area (Å²) in [7, 11) is 7.66. The summed E-state index contributed by atoms with van der Waals surface area (Å²) in [4.78, 5) is 29.9. The lowest BCUT2D eigenvalue weighted by molar-refractivity contribution is 0.0208. The number of carbonyl (C=O) groups is 2. The molecule has 4 aromatic rings. The highest BCUT2D eigenvalue weighted by Crippen LogP contribution is 2.57. The second kappa shape index (κ2) is 16.0. The largest absolute Gasteiger partial charge is 0.493 e. The third-order valence-corrected chi connectivity index (χ3v) is 13.4. The van der Waals surface area contributed by atoms with Gasteiger partial charge in [-0.15, -0.1) is 0 Å². The molecule has 0 amide bonds. The van der Waals surface area contributed by atoms with Gasteiger partial charge in [-0.2, -0.15) is 0 Å². The predicted molar refractivity (Wildman–Crippen MR) is 229 cm³/mol. The number of hydrogen-bond donors (Lipinski definition) is 0. The van der Waals surface area contributed by atoms with E-state index in [4.69, 9.17) is 40.0 Å². The Morgan fingerprint density at radius 3 is 1.52 bits per heavy atom. The fourth-order valence-corrected chi connectivity index (χ4v) is 10.1. The summed E-state index contributed by atoms with van der Waals surface area (Å²) in [5, 5.41) is 0.589. The number of rotatable bonds is 6. The Bertz CT molecular complexity index is 2200. The van der Waals surface area contributed by atoms with Crippen LogP contribution in [0.5, 0.6) is 23.0 Å². The van der Waals surface area contributed by atoms with Crippen molar-refractivity contribution in [2.24, 2.45) is 0 Å². The average Bonchev–Trinajstić information content (AvgIpc) is 3.66. The van der Waals surface area contributed by atoms with E-state index in [-0.39, 0.29) is 47.2 Å². The Labute approximate surface area is 356 Å². The van der Waals surface area contributed by atoms with Crippen LogP contribution >= 0.6 is 11.6 Å². The molecule has 60 heavy (non-hydrogen) atoms. The second-order valence-corrected chi connectivity index (χ2v) is 17.4. The summed E-state index contributed by atoms with van der Waals surface area (Å²) in [6.45, 7) is 5.72. The average molecular weight is 831 g/mol. The molecule has 0 fully saturated rings. The van der Waals surface area contributed by atoms with Crippen LogP contribution in [-0.4, -0.2) is 87.6 Å². The number of nitrogens with zero attached hydrogens (tertiary/aromatic N) is 2. The van der Waals surface area contributed by atoms with Gasteiger partial charge in [0.05, 0.1) is 36.2 Å². The predicted octanol–water partition coefficient (Wildman–Crippen LogP) is 8.39. The summed E-state index contributed by atoms with van der Waals surface area (Å²) in [6, 6.07) is 22.5. The van der Waals surface area contributed by atoms with E-state index in [1.165, 1.54) is 22.3 Å². The first-order valence-corrected chi connectivity index (χ1v) is 21.1. The van der Waals surface area contributed by atoms with Crippen molar-refractivity contribution in [3.63, 3.8) is 0 Å². The van der Waals surface area contributed by atoms with Crippen molar-refractivity contribution >= 4 is 23.5 Å². The molecule has 10 rings (SSSR count). The van der Waals surface area contributed by atoms with Gasteiger partial charge < -0.3 is 38.2 Å². The molecule has 0 unspecified atom stereocenters. The number of carbonyl (C=O) groups excluding carboxylic acids is 2. The van der Waals surface area contributed by atoms with E-state index < -0.39 is 0 Å². The van der Waals surface area contributed by atoms with Gasteiger partial charge >= 0.3 is 11.9 Å². The lowest BCUT2D eigenvalue weighted by Crippen LogP contribution is -2.43. The number of ether oxygens (including phenoxy) is 6. The van der Waals surface area contributed by atoms with Crippen LogP contribution in [-0.2, 0) is 33.4 Å². The molecule has 2 spiro atoms. The van der Waals surface area contributed by atoms with Gasteiger partial charge in [-0.25, -0.2) is 9.59 Å². The molecule has 2 aliphatic carbocycles. The van der Waals surface area contributed by atoms with Crippen molar-refractivity contribution < 1.29 is 38.0 Å². The van der Waals surface area contributed by atoms with Crippen LogP contribution in [0.3, 0.4) is 0 Å².